The summed E-state index contributed by atoms with van der Waals surface area (Å²) < 4.78 is 6.32. The Bertz CT molecular complexity index is 288. The molecule has 0 radical (unpaired) electrons. The molecule has 0 aliphatic heterocycles. The molecule has 0 fully saturated rings. The monoisotopic (exact) mass is 275 g/mol. The smallest absolute Gasteiger partial charge is 0.134 e. The van der Waals surface area contributed by atoms with Gasteiger partial charge in [-0.25, -0.2) is 0 Å². The third-order valence-electron chi connectivity index (χ3n) is 2.44. The summed E-state index contributed by atoms with van der Waals surface area (Å²) in [5.41, 5.74) is 0. The first kappa shape index (κ1) is 12.7. The van der Waals surface area contributed by atoms with Crippen LogP contribution in [0.1, 0.15) is 38.5 Å². The van der Waals surface area contributed by atoms with Crippen LogP contribution >= 0.6 is 15.9 Å². The molecule has 0 aromatic carbocycles. The minimum absolute atomic E-state index is 0.165. The zero-order chi connectivity index (χ0) is 11.3. The summed E-state index contributed by atoms with van der Waals surface area (Å²) in [6.07, 6.45) is 3.04. The van der Waals surface area contributed by atoms with E-state index >= 15 is 0 Å². The molecule has 2 atom stereocenters. The van der Waals surface area contributed by atoms with Crippen LogP contribution in [0.2, 0.25) is 0 Å². The SMILES string of the molecule is CCC(O)CCNC(C)c1occc1Br. The number of hydrogen-bond acceptors (Lipinski definition) is 3. The van der Waals surface area contributed by atoms with E-state index in [1.165, 1.54) is 0 Å². The van der Waals surface area contributed by atoms with Gasteiger partial charge in [0.25, 0.3) is 0 Å². The standard InChI is InChI=1S/C11H18BrNO2/c1-3-9(14)4-6-13-8(2)11-10(12)5-7-15-11/h5,7-9,13-14H,3-4,6H2,1-2H3. The van der Waals surface area contributed by atoms with Crippen molar-refractivity contribution in [3.05, 3.63) is 22.6 Å². The Morgan fingerprint density at radius 1 is 1.60 bits per heavy atom. The van der Waals surface area contributed by atoms with E-state index in [0.717, 1.165) is 29.6 Å². The third kappa shape index (κ3) is 3.97. The van der Waals surface area contributed by atoms with Crippen molar-refractivity contribution in [1.29, 1.82) is 0 Å². The van der Waals surface area contributed by atoms with Crippen LogP contribution in [-0.4, -0.2) is 17.8 Å². The van der Waals surface area contributed by atoms with Crippen LogP contribution in [-0.2, 0) is 0 Å². The highest BCUT2D eigenvalue weighted by molar-refractivity contribution is 9.10. The molecule has 3 nitrogen and oxygen atoms in total. The molecule has 0 saturated carbocycles. The number of hydrogen-bond donors (Lipinski definition) is 2. The van der Waals surface area contributed by atoms with E-state index in [1.807, 2.05) is 19.9 Å². The summed E-state index contributed by atoms with van der Waals surface area (Å²) in [7, 11) is 0. The molecule has 86 valence electrons. The van der Waals surface area contributed by atoms with Crippen molar-refractivity contribution < 1.29 is 9.52 Å². The molecule has 1 aromatic rings. The van der Waals surface area contributed by atoms with Crippen LogP contribution in [0.15, 0.2) is 21.2 Å². The van der Waals surface area contributed by atoms with Gasteiger partial charge in [-0.2, -0.15) is 0 Å². The van der Waals surface area contributed by atoms with Crippen LogP contribution < -0.4 is 5.32 Å². The fourth-order valence-corrected chi connectivity index (χ4v) is 1.92. The molecule has 0 bridgehead atoms. The molecule has 0 spiro atoms. The number of nitrogens with one attached hydrogen (secondary N) is 1. The van der Waals surface area contributed by atoms with Crippen molar-refractivity contribution in [2.45, 2.75) is 38.8 Å². The fraction of sp³-hybridized carbons (Fsp3) is 0.636. The summed E-state index contributed by atoms with van der Waals surface area (Å²) in [5.74, 6) is 0.904. The van der Waals surface area contributed by atoms with Gasteiger partial charge in [-0.05, 0) is 48.3 Å². The average molecular weight is 276 g/mol. The quantitative estimate of drug-likeness (QED) is 0.839. The normalized spacial score (nSPS) is 15.2. The number of aliphatic hydroxyl groups is 1. The molecule has 0 saturated heterocycles. The molecule has 1 aromatic heterocycles. The molecule has 15 heavy (non-hydrogen) atoms. The van der Waals surface area contributed by atoms with E-state index in [0.29, 0.717) is 0 Å². The van der Waals surface area contributed by atoms with Gasteiger partial charge in [0.2, 0.25) is 0 Å². The van der Waals surface area contributed by atoms with Crippen molar-refractivity contribution >= 4 is 15.9 Å². The number of halogens is 1. The Morgan fingerprint density at radius 2 is 2.33 bits per heavy atom. The first-order valence-electron chi connectivity index (χ1n) is 5.29. The van der Waals surface area contributed by atoms with Crippen LogP contribution in [0.3, 0.4) is 0 Å². The predicted molar refractivity (Wildman–Crippen MR) is 63.7 cm³/mol. The Hall–Kier alpha value is -0.320. The highest BCUT2D eigenvalue weighted by atomic mass is 79.9. The summed E-state index contributed by atoms with van der Waals surface area (Å²) in [5, 5.41) is 12.7. The fourth-order valence-electron chi connectivity index (χ4n) is 1.38. The average Bonchev–Trinajstić information content (AvgIpc) is 2.64. The van der Waals surface area contributed by atoms with Crippen molar-refractivity contribution in [3.8, 4) is 0 Å². The highest BCUT2D eigenvalue weighted by Crippen LogP contribution is 2.23. The van der Waals surface area contributed by atoms with Gasteiger partial charge in [0.05, 0.1) is 22.9 Å². The summed E-state index contributed by atoms with van der Waals surface area (Å²) in [4.78, 5) is 0. The first-order chi connectivity index (χ1) is 7.15. The van der Waals surface area contributed by atoms with Gasteiger partial charge < -0.3 is 14.8 Å². The largest absolute Gasteiger partial charge is 0.466 e. The highest BCUT2D eigenvalue weighted by Gasteiger charge is 2.12. The minimum atomic E-state index is -0.204. The zero-order valence-corrected chi connectivity index (χ0v) is 10.8. The molecule has 0 amide bonds. The van der Waals surface area contributed by atoms with E-state index < -0.39 is 0 Å². The van der Waals surface area contributed by atoms with E-state index in [1.54, 1.807) is 6.26 Å². The molecule has 2 unspecified atom stereocenters. The topological polar surface area (TPSA) is 45.4 Å². The maximum atomic E-state index is 9.38. The Morgan fingerprint density at radius 3 is 2.87 bits per heavy atom. The van der Waals surface area contributed by atoms with Gasteiger partial charge in [0.1, 0.15) is 5.76 Å². The zero-order valence-electron chi connectivity index (χ0n) is 9.16. The van der Waals surface area contributed by atoms with Crippen molar-refractivity contribution in [2.75, 3.05) is 6.54 Å². The summed E-state index contributed by atoms with van der Waals surface area (Å²) in [6, 6.07) is 2.05. The van der Waals surface area contributed by atoms with Crippen LogP contribution in [0.25, 0.3) is 0 Å². The minimum Gasteiger partial charge on any atom is -0.466 e. The molecule has 0 aliphatic carbocycles. The Labute approximate surface area is 99.0 Å². The molecule has 4 heteroatoms. The van der Waals surface area contributed by atoms with Gasteiger partial charge in [-0.15, -0.1) is 0 Å². The van der Waals surface area contributed by atoms with Crippen LogP contribution in [0.5, 0.6) is 0 Å². The Balaban J connectivity index is 2.31. The van der Waals surface area contributed by atoms with Gasteiger partial charge in [-0.3, -0.25) is 0 Å². The summed E-state index contributed by atoms with van der Waals surface area (Å²) in [6.45, 7) is 4.82. The van der Waals surface area contributed by atoms with Crippen molar-refractivity contribution in [2.24, 2.45) is 0 Å². The van der Waals surface area contributed by atoms with Crippen LogP contribution in [0.4, 0.5) is 0 Å². The molecule has 2 N–H and O–H groups in total. The maximum Gasteiger partial charge on any atom is 0.134 e. The predicted octanol–water partition coefficient (Wildman–Crippen LogP) is 2.85. The lowest BCUT2D eigenvalue weighted by atomic mass is 10.2. The molecule has 0 aliphatic rings. The van der Waals surface area contributed by atoms with Crippen LogP contribution in [0, 0.1) is 0 Å². The Kier molecular flexibility index (Phi) is 5.36. The second kappa shape index (κ2) is 6.30. The summed E-state index contributed by atoms with van der Waals surface area (Å²) >= 11 is 3.42. The van der Waals surface area contributed by atoms with E-state index in [4.69, 9.17) is 4.42 Å². The lowest BCUT2D eigenvalue weighted by Crippen LogP contribution is -2.23. The van der Waals surface area contributed by atoms with Gasteiger partial charge in [0, 0.05) is 0 Å². The van der Waals surface area contributed by atoms with Gasteiger partial charge >= 0.3 is 0 Å². The second-order valence-corrected chi connectivity index (χ2v) is 4.51. The maximum absolute atomic E-state index is 9.38. The van der Waals surface area contributed by atoms with Crippen molar-refractivity contribution in [1.82, 2.24) is 5.32 Å². The number of rotatable bonds is 6. The van der Waals surface area contributed by atoms with E-state index in [9.17, 15) is 5.11 Å². The van der Waals surface area contributed by atoms with E-state index in [-0.39, 0.29) is 12.1 Å². The number of aliphatic hydroxyl groups excluding tert-OH is 1. The molecular formula is C11H18BrNO2. The van der Waals surface area contributed by atoms with Gasteiger partial charge in [-0.1, -0.05) is 6.92 Å². The van der Waals surface area contributed by atoms with E-state index in [2.05, 4.69) is 21.2 Å². The molecular weight excluding hydrogens is 258 g/mol. The lowest BCUT2D eigenvalue weighted by molar-refractivity contribution is 0.158. The first-order valence-corrected chi connectivity index (χ1v) is 6.08. The third-order valence-corrected chi connectivity index (χ3v) is 3.09. The van der Waals surface area contributed by atoms with Gasteiger partial charge in [0.15, 0.2) is 0 Å². The number of furan rings is 1. The molecule has 1 rings (SSSR count). The second-order valence-electron chi connectivity index (χ2n) is 3.66. The lowest BCUT2D eigenvalue weighted by Gasteiger charge is -2.13. The van der Waals surface area contributed by atoms with Crippen molar-refractivity contribution in [3.63, 3.8) is 0 Å². The molecule has 1 heterocycles.